The van der Waals surface area contributed by atoms with E-state index in [1.807, 2.05) is 39.8 Å². The Hall–Kier alpha value is -2.35. The molecule has 1 heterocycles. The molecule has 0 spiro atoms. The number of piperidine rings is 1. The van der Waals surface area contributed by atoms with Crippen molar-refractivity contribution in [3.8, 4) is 11.1 Å². The highest BCUT2D eigenvalue weighted by Gasteiger charge is 2.47. The Bertz CT molecular complexity index is 1100. The number of alkyl halides is 6. The van der Waals surface area contributed by atoms with Crippen molar-refractivity contribution in [3.05, 3.63) is 59.2 Å². The zero-order valence-corrected chi connectivity index (χ0v) is 23.3. The van der Waals surface area contributed by atoms with Crippen molar-refractivity contribution < 1.29 is 31.1 Å². The van der Waals surface area contributed by atoms with E-state index in [-0.39, 0.29) is 30.6 Å². The Labute approximate surface area is 227 Å². The summed E-state index contributed by atoms with van der Waals surface area (Å²) in [5, 5.41) is 0. The fraction of sp³-hybridized carbons (Fsp3) is 0.581. The maximum Gasteiger partial charge on any atom is 0.416 e. The van der Waals surface area contributed by atoms with Crippen LogP contribution in [0.25, 0.3) is 11.1 Å². The van der Waals surface area contributed by atoms with E-state index in [2.05, 4.69) is 0 Å². The van der Waals surface area contributed by atoms with Crippen LogP contribution in [0.5, 0.6) is 0 Å². The molecule has 1 aliphatic heterocycles. The minimum Gasteiger partial charge on any atom is -0.299 e. The van der Waals surface area contributed by atoms with Gasteiger partial charge in [0.05, 0.1) is 5.56 Å². The monoisotopic (exact) mass is 555 g/mol. The first-order chi connectivity index (χ1) is 18.1. The number of hydrogen-bond acceptors (Lipinski definition) is 2. The molecule has 0 N–H and O–H groups in total. The molecular weight excluding hydrogens is 516 g/mol. The van der Waals surface area contributed by atoms with Crippen LogP contribution in [-0.4, -0.2) is 29.4 Å². The Balaban J connectivity index is 2.16. The second kappa shape index (κ2) is 12.4. The minimum absolute atomic E-state index is 0.0347. The second-order valence-corrected chi connectivity index (χ2v) is 11.7. The number of rotatable bonds is 9. The zero-order valence-electron chi connectivity index (χ0n) is 23.3. The third kappa shape index (κ3) is 8.09. The molecule has 1 saturated heterocycles. The van der Waals surface area contributed by atoms with Gasteiger partial charge in [0.25, 0.3) is 0 Å². The number of nitrogens with zero attached hydrogens (tertiary/aromatic N) is 1. The molecule has 0 radical (unpaired) electrons. The van der Waals surface area contributed by atoms with E-state index in [1.54, 1.807) is 11.0 Å². The predicted molar refractivity (Wildman–Crippen MR) is 142 cm³/mol. The summed E-state index contributed by atoms with van der Waals surface area (Å²) < 4.78 is 82.0. The molecule has 3 rings (SSSR count). The van der Waals surface area contributed by atoms with Crippen molar-refractivity contribution >= 4 is 5.78 Å². The molecule has 3 atom stereocenters. The molecule has 0 aromatic heterocycles. The molecule has 2 nitrogen and oxygen atoms in total. The quantitative estimate of drug-likeness (QED) is 0.287. The van der Waals surface area contributed by atoms with E-state index >= 15 is 0 Å². The molecule has 8 heteroatoms. The fourth-order valence-corrected chi connectivity index (χ4v) is 5.58. The van der Waals surface area contributed by atoms with Crippen LogP contribution in [0.4, 0.5) is 26.3 Å². The van der Waals surface area contributed by atoms with E-state index in [4.69, 9.17) is 0 Å². The van der Waals surface area contributed by atoms with Gasteiger partial charge in [-0.05, 0) is 97.9 Å². The van der Waals surface area contributed by atoms with Gasteiger partial charge in [-0.3, -0.25) is 9.69 Å². The first-order valence-corrected chi connectivity index (χ1v) is 13.7. The lowest BCUT2D eigenvalue weighted by Crippen LogP contribution is -2.50. The third-order valence-electron chi connectivity index (χ3n) is 7.61. The molecule has 1 aliphatic rings. The van der Waals surface area contributed by atoms with Crippen LogP contribution in [0, 0.1) is 11.8 Å². The Morgan fingerprint density at radius 2 is 1.54 bits per heavy atom. The Morgan fingerprint density at radius 1 is 0.897 bits per heavy atom. The third-order valence-corrected chi connectivity index (χ3v) is 7.61. The molecule has 39 heavy (non-hydrogen) atoms. The number of benzene rings is 2. The highest BCUT2D eigenvalue weighted by molar-refractivity contribution is 5.84. The summed E-state index contributed by atoms with van der Waals surface area (Å²) in [6, 6.07) is 8.17. The highest BCUT2D eigenvalue weighted by atomic mass is 19.4. The van der Waals surface area contributed by atoms with Gasteiger partial charge in [0.2, 0.25) is 0 Å². The van der Waals surface area contributed by atoms with Crippen LogP contribution in [0.2, 0.25) is 0 Å². The first kappa shape index (κ1) is 31.2. The predicted octanol–water partition coefficient (Wildman–Crippen LogP) is 9.60. The number of Topliss-reactive ketones (excluding diaryl/α,β-unsaturated/α-hetero) is 1. The lowest BCUT2D eigenvalue weighted by molar-refractivity contribution is -0.200. The molecule has 0 saturated carbocycles. The fourth-order valence-electron chi connectivity index (χ4n) is 5.58. The number of ketones is 1. The summed E-state index contributed by atoms with van der Waals surface area (Å²) in [5.41, 5.74) is 1.72. The van der Waals surface area contributed by atoms with Crippen LogP contribution in [0.15, 0.2) is 42.5 Å². The van der Waals surface area contributed by atoms with Gasteiger partial charge in [-0.2, -0.15) is 26.3 Å². The number of carbonyl (C=O) groups is 1. The van der Waals surface area contributed by atoms with Gasteiger partial charge in [0.15, 0.2) is 0 Å². The summed E-state index contributed by atoms with van der Waals surface area (Å²) >= 11 is 0. The molecule has 2 aromatic carbocycles. The van der Waals surface area contributed by atoms with Crippen molar-refractivity contribution in [1.29, 1.82) is 0 Å². The second-order valence-electron chi connectivity index (χ2n) is 11.7. The molecule has 1 fully saturated rings. The van der Waals surface area contributed by atoms with E-state index in [0.717, 1.165) is 12.1 Å². The molecular formula is C31H39F6NO. The topological polar surface area (TPSA) is 20.3 Å². The van der Waals surface area contributed by atoms with Crippen LogP contribution < -0.4 is 0 Å². The van der Waals surface area contributed by atoms with E-state index in [1.165, 1.54) is 19.1 Å². The summed E-state index contributed by atoms with van der Waals surface area (Å²) in [5.74, 6) is -0.0792. The summed E-state index contributed by atoms with van der Waals surface area (Å²) in [6.07, 6.45) is -6.69. The van der Waals surface area contributed by atoms with Crippen molar-refractivity contribution in [3.63, 3.8) is 0 Å². The maximum atomic E-state index is 14.2. The van der Waals surface area contributed by atoms with E-state index in [9.17, 15) is 31.1 Å². The average molecular weight is 556 g/mol. The lowest BCUT2D eigenvalue weighted by atomic mass is 9.82. The number of halogens is 6. The Kier molecular flexibility index (Phi) is 9.95. The smallest absolute Gasteiger partial charge is 0.299 e. The van der Waals surface area contributed by atoms with Gasteiger partial charge in [0.1, 0.15) is 11.8 Å². The zero-order chi connectivity index (χ0) is 29.1. The van der Waals surface area contributed by atoms with Crippen molar-refractivity contribution in [1.82, 2.24) is 4.90 Å². The van der Waals surface area contributed by atoms with Crippen LogP contribution in [0.1, 0.15) is 95.4 Å². The minimum atomic E-state index is -4.48. The van der Waals surface area contributed by atoms with Gasteiger partial charge in [-0.1, -0.05) is 52.0 Å². The van der Waals surface area contributed by atoms with Gasteiger partial charge >= 0.3 is 12.4 Å². The SMILES string of the molecule is CC(=O)C(CC(C)C)c1cc(-c2ccc(C(F)(F)F)cc2)cc(C2CCCC(C(F)(F)F)N2CCC(C)C)c1. The van der Waals surface area contributed by atoms with Gasteiger partial charge in [-0.15, -0.1) is 0 Å². The van der Waals surface area contributed by atoms with Crippen LogP contribution in [0.3, 0.4) is 0 Å². The van der Waals surface area contributed by atoms with E-state index < -0.39 is 35.9 Å². The Morgan fingerprint density at radius 3 is 2.05 bits per heavy atom. The van der Waals surface area contributed by atoms with Crippen LogP contribution >= 0.6 is 0 Å². The van der Waals surface area contributed by atoms with Gasteiger partial charge in [0, 0.05) is 12.0 Å². The van der Waals surface area contributed by atoms with Gasteiger partial charge < -0.3 is 0 Å². The van der Waals surface area contributed by atoms with Gasteiger partial charge in [-0.25, -0.2) is 0 Å². The highest BCUT2D eigenvalue weighted by Crippen LogP contribution is 2.43. The maximum absolute atomic E-state index is 14.2. The summed E-state index contributed by atoms with van der Waals surface area (Å²) in [7, 11) is 0. The summed E-state index contributed by atoms with van der Waals surface area (Å²) in [4.78, 5) is 14.3. The van der Waals surface area contributed by atoms with Crippen molar-refractivity contribution in [2.45, 2.75) is 97.1 Å². The molecule has 3 unspecified atom stereocenters. The normalized spacial score (nSPS) is 20.0. The number of carbonyl (C=O) groups excluding carboxylic acids is 1. The molecule has 0 aliphatic carbocycles. The summed E-state index contributed by atoms with van der Waals surface area (Å²) in [6.45, 7) is 9.75. The molecule has 0 amide bonds. The standard InChI is InChI=1S/C31H39F6NO/c1-19(2)13-14-38-28(7-6-8-29(38)31(35,36)37)25-17-23(22-9-11-26(12-10-22)30(32,33)34)16-24(18-25)27(21(5)39)15-20(3)4/h9-12,16-20,27-29H,6-8,13-15H2,1-5H3. The van der Waals surface area contributed by atoms with E-state index in [0.29, 0.717) is 47.9 Å². The molecule has 0 bridgehead atoms. The lowest BCUT2D eigenvalue weighted by Gasteiger charge is -2.43. The van der Waals surface area contributed by atoms with Crippen LogP contribution in [-0.2, 0) is 11.0 Å². The first-order valence-electron chi connectivity index (χ1n) is 13.7. The number of likely N-dealkylation sites (tertiary alicyclic amines) is 1. The average Bonchev–Trinajstić information content (AvgIpc) is 2.84. The molecule has 216 valence electrons. The number of hydrogen-bond donors (Lipinski definition) is 0. The molecule has 2 aromatic rings. The van der Waals surface area contributed by atoms with Crippen molar-refractivity contribution in [2.24, 2.45) is 11.8 Å². The van der Waals surface area contributed by atoms with Crippen molar-refractivity contribution in [2.75, 3.05) is 6.54 Å². The largest absolute Gasteiger partial charge is 0.416 e.